The third kappa shape index (κ3) is 5.01. The summed E-state index contributed by atoms with van der Waals surface area (Å²) in [5, 5.41) is 3.56. The Bertz CT molecular complexity index is 455. The lowest BCUT2D eigenvalue weighted by atomic mass is 10.0. The normalized spacial score (nSPS) is 15.3. The molecule has 0 amide bonds. The van der Waals surface area contributed by atoms with Crippen molar-refractivity contribution in [3.05, 3.63) is 28.8 Å². The fourth-order valence-corrected chi connectivity index (χ4v) is 2.42. The average Bonchev–Trinajstić information content (AvgIpc) is 3.23. The SMILES string of the molecule is COC(C)(C)CCOc1c(C)cc(CNC2CC2)cc1C. The molecule has 3 nitrogen and oxygen atoms in total. The maximum absolute atomic E-state index is 6.00. The smallest absolute Gasteiger partial charge is 0.125 e. The van der Waals surface area contributed by atoms with Gasteiger partial charge in [-0.1, -0.05) is 12.1 Å². The van der Waals surface area contributed by atoms with Gasteiger partial charge in [-0.2, -0.15) is 0 Å². The van der Waals surface area contributed by atoms with E-state index in [0.717, 1.165) is 24.8 Å². The minimum atomic E-state index is -0.129. The third-order valence-electron chi connectivity index (χ3n) is 4.20. The molecule has 118 valence electrons. The molecule has 1 aliphatic carbocycles. The average molecular weight is 291 g/mol. The summed E-state index contributed by atoms with van der Waals surface area (Å²) < 4.78 is 11.4. The molecule has 2 rings (SSSR count). The van der Waals surface area contributed by atoms with Crippen LogP contribution in [0.1, 0.15) is 49.8 Å². The molecule has 1 saturated carbocycles. The molecule has 0 bridgehead atoms. The van der Waals surface area contributed by atoms with E-state index >= 15 is 0 Å². The molecule has 21 heavy (non-hydrogen) atoms. The number of hydrogen-bond donors (Lipinski definition) is 1. The first-order valence-electron chi connectivity index (χ1n) is 7.93. The Morgan fingerprint density at radius 2 is 1.81 bits per heavy atom. The van der Waals surface area contributed by atoms with Crippen molar-refractivity contribution >= 4 is 0 Å². The third-order valence-corrected chi connectivity index (χ3v) is 4.20. The van der Waals surface area contributed by atoms with Crippen molar-refractivity contribution in [3.8, 4) is 5.75 Å². The topological polar surface area (TPSA) is 30.5 Å². The van der Waals surface area contributed by atoms with Gasteiger partial charge in [0, 0.05) is 26.1 Å². The Hall–Kier alpha value is -1.06. The number of ether oxygens (including phenoxy) is 2. The van der Waals surface area contributed by atoms with Crippen LogP contribution in [-0.4, -0.2) is 25.4 Å². The van der Waals surface area contributed by atoms with Crippen LogP contribution >= 0.6 is 0 Å². The predicted octanol–water partition coefficient (Wildman–Crippen LogP) is 3.75. The Morgan fingerprint density at radius 1 is 1.19 bits per heavy atom. The van der Waals surface area contributed by atoms with Crippen molar-refractivity contribution < 1.29 is 9.47 Å². The van der Waals surface area contributed by atoms with Crippen molar-refractivity contribution in [1.82, 2.24) is 5.32 Å². The minimum Gasteiger partial charge on any atom is -0.493 e. The zero-order valence-corrected chi connectivity index (χ0v) is 14.1. The largest absolute Gasteiger partial charge is 0.493 e. The van der Waals surface area contributed by atoms with Crippen LogP contribution in [0.15, 0.2) is 12.1 Å². The van der Waals surface area contributed by atoms with Gasteiger partial charge in [-0.05, 0) is 57.2 Å². The van der Waals surface area contributed by atoms with Crippen molar-refractivity contribution in [3.63, 3.8) is 0 Å². The molecule has 0 saturated heterocycles. The van der Waals surface area contributed by atoms with Crippen LogP contribution in [0.25, 0.3) is 0 Å². The predicted molar refractivity (Wildman–Crippen MR) is 87.0 cm³/mol. The summed E-state index contributed by atoms with van der Waals surface area (Å²) in [6.07, 6.45) is 3.54. The quantitative estimate of drug-likeness (QED) is 0.791. The van der Waals surface area contributed by atoms with Gasteiger partial charge < -0.3 is 14.8 Å². The lowest BCUT2D eigenvalue weighted by molar-refractivity contribution is 0.00533. The molecule has 1 aromatic rings. The van der Waals surface area contributed by atoms with Gasteiger partial charge in [0.1, 0.15) is 5.75 Å². The zero-order valence-electron chi connectivity index (χ0n) is 14.1. The van der Waals surface area contributed by atoms with Gasteiger partial charge in [0.2, 0.25) is 0 Å². The summed E-state index contributed by atoms with van der Waals surface area (Å²) in [5.41, 5.74) is 3.66. The number of aryl methyl sites for hydroxylation is 2. The molecule has 0 atom stereocenters. The van der Waals surface area contributed by atoms with Crippen LogP contribution in [-0.2, 0) is 11.3 Å². The Labute approximate surface area is 129 Å². The molecular formula is C18H29NO2. The second-order valence-corrected chi connectivity index (χ2v) is 6.78. The molecule has 1 fully saturated rings. The highest BCUT2D eigenvalue weighted by Gasteiger charge is 2.20. The Kier molecular flexibility index (Phi) is 5.28. The van der Waals surface area contributed by atoms with E-state index in [1.165, 1.54) is 29.5 Å². The number of hydrogen-bond acceptors (Lipinski definition) is 3. The van der Waals surface area contributed by atoms with E-state index in [2.05, 4.69) is 45.1 Å². The Balaban J connectivity index is 1.92. The molecule has 0 aliphatic heterocycles. The van der Waals surface area contributed by atoms with Gasteiger partial charge in [0.25, 0.3) is 0 Å². The summed E-state index contributed by atoms with van der Waals surface area (Å²) in [7, 11) is 1.75. The monoisotopic (exact) mass is 291 g/mol. The fraction of sp³-hybridized carbons (Fsp3) is 0.667. The van der Waals surface area contributed by atoms with Crippen LogP contribution in [0.4, 0.5) is 0 Å². The molecule has 1 aliphatic rings. The van der Waals surface area contributed by atoms with E-state index in [0.29, 0.717) is 6.61 Å². The molecule has 1 aromatic carbocycles. The van der Waals surface area contributed by atoms with E-state index in [4.69, 9.17) is 9.47 Å². The molecule has 0 aromatic heterocycles. The summed E-state index contributed by atoms with van der Waals surface area (Å²) in [4.78, 5) is 0. The van der Waals surface area contributed by atoms with Crippen LogP contribution in [0, 0.1) is 13.8 Å². The fourth-order valence-electron chi connectivity index (χ4n) is 2.42. The van der Waals surface area contributed by atoms with Crippen LogP contribution in [0.2, 0.25) is 0 Å². The van der Waals surface area contributed by atoms with Crippen molar-refractivity contribution in [2.24, 2.45) is 0 Å². The van der Waals surface area contributed by atoms with E-state index in [-0.39, 0.29) is 5.60 Å². The van der Waals surface area contributed by atoms with Gasteiger partial charge in [0.05, 0.1) is 12.2 Å². The van der Waals surface area contributed by atoms with Gasteiger partial charge in [-0.25, -0.2) is 0 Å². The molecule has 1 N–H and O–H groups in total. The summed E-state index contributed by atoms with van der Waals surface area (Å²) >= 11 is 0. The van der Waals surface area contributed by atoms with Crippen molar-refractivity contribution in [2.75, 3.05) is 13.7 Å². The van der Waals surface area contributed by atoms with Gasteiger partial charge in [0.15, 0.2) is 0 Å². The summed E-state index contributed by atoms with van der Waals surface area (Å²) in [5.74, 6) is 1.03. The highest BCUT2D eigenvalue weighted by atomic mass is 16.5. The van der Waals surface area contributed by atoms with Crippen LogP contribution < -0.4 is 10.1 Å². The number of benzene rings is 1. The standard InChI is InChI=1S/C18H29NO2/c1-13-10-15(12-19-16-6-7-16)11-14(2)17(13)21-9-8-18(3,4)20-5/h10-11,16,19H,6-9,12H2,1-5H3. The highest BCUT2D eigenvalue weighted by molar-refractivity contribution is 5.43. The van der Waals surface area contributed by atoms with E-state index in [1.54, 1.807) is 7.11 Å². The van der Waals surface area contributed by atoms with E-state index < -0.39 is 0 Å². The van der Waals surface area contributed by atoms with E-state index in [9.17, 15) is 0 Å². The lowest BCUT2D eigenvalue weighted by Crippen LogP contribution is -2.25. The summed E-state index contributed by atoms with van der Waals surface area (Å²) in [6, 6.07) is 5.22. The first kappa shape index (κ1) is 16.3. The molecular weight excluding hydrogens is 262 g/mol. The Morgan fingerprint density at radius 3 is 2.33 bits per heavy atom. The molecule has 0 radical (unpaired) electrons. The zero-order chi connectivity index (χ0) is 15.5. The lowest BCUT2D eigenvalue weighted by Gasteiger charge is -2.23. The summed E-state index contributed by atoms with van der Waals surface area (Å²) in [6.45, 7) is 10.1. The second-order valence-electron chi connectivity index (χ2n) is 6.78. The number of nitrogens with one attached hydrogen (secondary N) is 1. The van der Waals surface area contributed by atoms with E-state index in [1.807, 2.05) is 0 Å². The highest BCUT2D eigenvalue weighted by Crippen LogP contribution is 2.26. The minimum absolute atomic E-state index is 0.129. The van der Waals surface area contributed by atoms with Gasteiger partial charge in [-0.3, -0.25) is 0 Å². The number of methoxy groups -OCH3 is 1. The van der Waals surface area contributed by atoms with Crippen molar-refractivity contribution in [2.45, 2.75) is 65.1 Å². The second kappa shape index (κ2) is 6.80. The molecule has 0 unspecified atom stereocenters. The molecule has 3 heteroatoms. The first-order valence-corrected chi connectivity index (χ1v) is 7.93. The first-order chi connectivity index (χ1) is 9.91. The van der Waals surface area contributed by atoms with Gasteiger partial charge in [-0.15, -0.1) is 0 Å². The molecule has 0 spiro atoms. The van der Waals surface area contributed by atoms with Gasteiger partial charge >= 0.3 is 0 Å². The van der Waals surface area contributed by atoms with Crippen LogP contribution in [0.5, 0.6) is 5.75 Å². The molecule has 0 heterocycles. The maximum Gasteiger partial charge on any atom is 0.125 e. The van der Waals surface area contributed by atoms with Crippen molar-refractivity contribution in [1.29, 1.82) is 0 Å². The van der Waals surface area contributed by atoms with Crippen LogP contribution in [0.3, 0.4) is 0 Å². The number of rotatable bonds is 8. The maximum atomic E-state index is 6.00.